The second-order valence-corrected chi connectivity index (χ2v) is 5.21. The van der Waals surface area contributed by atoms with Crippen molar-refractivity contribution in [1.29, 1.82) is 0 Å². The third-order valence-electron chi connectivity index (χ3n) is 3.33. The van der Waals surface area contributed by atoms with Gasteiger partial charge in [-0.1, -0.05) is 29.8 Å². The summed E-state index contributed by atoms with van der Waals surface area (Å²) in [6, 6.07) is 8.21. The molecule has 0 saturated heterocycles. The zero-order chi connectivity index (χ0) is 14.0. The van der Waals surface area contributed by atoms with Gasteiger partial charge in [-0.25, -0.2) is 0 Å². The van der Waals surface area contributed by atoms with Crippen LogP contribution in [0.5, 0.6) is 0 Å². The van der Waals surface area contributed by atoms with Crippen LogP contribution >= 0.6 is 0 Å². The van der Waals surface area contributed by atoms with Gasteiger partial charge < -0.3 is 0 Å². The number of benzene rings is 1. The molecule has 19 heavy (non-hydrogen) atoms. The van der Waals surface area contributed by atoms with Crippen LogP contribution in [-0.4, -0.2) is 10.8 Å². The van der Waals surface area contributed by atoms with Crippen LogP contribution in [0.15, 0.2) is 30.5 Å². The molecule has 98 valence electrons. The largest absolute Gasteiger partial charge is 0.292 e. The van der Waals surface area contributed by atoms with E-state index < -0.39 is 0 Å². The van der Waals surface area contributed by atoms with Crippen molar-refractivity contribution in [3.8, 4) is 0 Å². The molecule has 0 N–H and O–H groups in total. The van der Waals surface area contributed by atoms with Gasteiger partial charge in [0.2, 0.25) is 0 Å². The first-order chi connectivity index (χ1) is 8.97. The summed E-state index contributed by atoms with van der Waals surface area (Å²) in [6.07, 6.45) is 2.17. The zero-order valence-electron chi connectivity index (χ0n) is 11.9. The van der Waals surface area contributed by atoms with Gasteiger partial charge in [0.05, 0.1) is 0 Å². The molecular formula is C17H19NO. The van der Waals surface area contributed by atoms with Gasteiger partial charge in [0, 0.05) is 12.6 Å². The molecule has 1 aromatic heterocycles. The predicted octanol–water partition coefficient (Wildman–Crippen LogP) is 3.74. The van der Waals surface area contributed by atoms with E-state index in [2.05, 4.69) is 23.2 Å². The number of aromatic nitrogens is 1. The Morgan fingerprint density at radius 3 is 2.42 bits per heavy atom. The second kappa shape index (κ2) is 5.35. The van der Waals surface area contributed by atoms with Gasteiger partial charge in [0.25, 0.3) is 0 Å². The van der Waals surface area contributed by atoms with Gasteiger partial charge in [0.15, 0.2) is 5.78 Å². The molecule has 1 heterocycles. The Morgan fingerprint density at radius 2 is 1.74 bits per heavy atom. The van der Waals surface area contributed by atoms with Crippen LogP contribution in [0.25, 0.3) is 0 Å². The number of Topliss-reactive ketones (excluding diaryl/α,β-unsaturated/α-hetero) is 1. The maximum atomic E-state index is 12.3. The van der Waals surface area contributed by atoms with Gasteiger partial charge >= 0.3 is 0 Å². The van der Waals surface area contributed by atoms with Gasteiger partial charge in [-0.3, -0.25) is 9.78 Å². The van der Waals surface area contributed by atoms with Crippen LogP contribution in [0.2, 0.25) is 0 Å². The Morgan fingerprint density at radius 1 is 1.00 bits per heavy atom. The lowest BCUT2D eigenvalue weighted by molar-refractivity contribution is 0.0987. The summed E-state index contributed by atoms with van der Waals surface area (Å²) >= 11 is 0. The molecule has 0 saturated carbocycles. The van der Waals surface area contributed by atoms with Crippen LogP contribution in [-0.2, 0) is 6.42 Å². The molecule has 0 aliphatic carbocycles. The highest BCUT2D eigenvalue weighted by Crippen LogP contribution is 2.15. The van der Waals surface area contributed by atoms with Crippen molar-refractivity contribution >= 4 is 5.78 Å². The Balaban J connectivity index is 2.28. The van der Waals surface area contributed by atoms with E-state index in [-0.39, 0.29) is 5.78 Å². The molecule has 0 atom stereocenters. The fourth-order valence-corrected chi connectivity index (χ4v) is 2.25. The van der Waals surface area contributed by atoms with Crippen LogP contribution in [0, 0.1) is 27.7 Å². The highest BCUT2D eigenvalue weighted by molar-refractivity contribution is 5.97. The molecule has 0 fully saturated rings. The number of pyridine rings is 1. The quantitative estimate of drug-likeness (QED) is 0.780. The molecular weight excluding hydrogens is 234 g/mol. The lowest BCUT2D eigenvalue weighted by Gasteiger charge is -2.08. The number of rotatable bonds is 3. The van der Waals surface area contributed by atoms with E-state index in [0.717, 1.165) is 22.3 Å². The predicted molar refractivity (Wildman–Crippen MR) is 77.7 cm³/mol. The molecule has 0 unspecified atom stereocenters. The SMILES string of the molecule is Cc1cnc(C(=O)Cc2cc(C)ccc2C)c(C)c1. The van der Waals surface area contributed by atoms with Crippen molar-refractivity contribution in [3.05, 3.63) is 64.0 Å². The van der Waals surface area contributed by atoms with Crippen molar-refractivity contribution in [2.45, 2.75) is 34.1 Å². The number of aryl methyl sites for hydroxylation is 4. The van der Waals surface area contributed by atoms with Crippen LogP contribution in [0.4, 0.5) is 0 Å². The van der Waals surface area contributed by atoms with Gasteiger partial charge in [-0.05, 0) is 49.9 Å². The van der Waals surface area contributed by atoms with E-state index in [9.17, 15) is 4.79 Å². The molecule has 2 rings (SSSR count). The summed E-state index contributed by atoms with van der Waals surface area (Å²) in [4.78, 5) is 16.6. The third-order valence-corrected chi connectivity index (χ3v) is 3.33. The van der Waals surface area contributed by atoms with Gasteiger partial charge in [-0.15, -0.1) is 0 Å². The summed E-state index contributed by atoms with van der Waals surface area (Å²) in [7, 11) is 0. The summed E-state index contributed by atoms with van der Waals surface area (Å²) in [5.74, 6) is 0.0891. The van der Waals surface area contributed by atoms with Crippen LogP contribution in [0.3, 0.4) is 0 Å². The lowest BCUT2D eigenvalue weighted by Crippen LogP contribution is -2.09. The number of nitrogens with zero attached hydrogens (tertiary/aromatic N) is 1. The molecule has 2 heteroatoms. The highest BCUT2D eigenvalue weighted by Gasteiger charge is 2.13. The average molecular weight is 253 g/mol. The minimum absolute atomic E-state index is 0.0891. The molecule has 1 aromatic carbocycles. The summed E-state index contributed by atoms with van der Waals surface area (Å²) in [6.45, 7) is 8.01. The van der Waals surface area contributed by atoms with E-state index >= 15 is 0 Å². The Labute approximate surface area is 114 Å². The Kier molecular flexibility index (Phi) is 3.79. The Bertz CT molecular complexity index is 629. The fourth-order valence-electron chi connectivity index (χ4n) is 2.25. The Hall–Kier alpha value is -1.96. The van der Waals surface area contributed by atoms with E-state index in [4.69, 9.17) is 0 Å². The lowest BCUT2D eigenvalue weighted by atomic mass is 9.98. The van der Waals surface area contributed by atoms with Crippen molar-refractivity contribution in [2.75, 3.05) is 0 Å². The summed E-state index contributed by atoms with van der Waals surface area (Å²) in [5, 5.41) is 0. The first kappa shape index (κ1) is 13.5. The van der Waals surface area contributed by atoms with Crippen molar-refractivity contribution in [1.82, 2.24) is 4.98 Å². The molecule has 0 aliphatic heterocycles. The second-order valence-electron chi connectivity index (χ2n) is 5.21. The first-order valence-corrected chi connectivity index (χ1v) is 6.50. The van der Waals surface area contributed by atoms with Crippen molar-refractivity contribution in [2.24, 2.45) is 0 Å². The van der Waals surface area contributed by atoms with E-state index in [1.807, 2.05) is 33.8 Å². The molecule has 0 amide bonds. The maximum Gasteiger partial charge on any atom is 0.185 e. The average Bonchev–Trinajstić information content (AvgIpc) is 2.33. The highest BCUT2D eigenvalue weighted by atomic mass is 16.1. The maximum absolute atomic E-state index is 12.3. The monoisotopic (exact) mass is 253 g/mol. The first-order valence-electron chi connectivity index (χ1n) is 6.50. The van der Waals surface area contributed by atoms with Gasteiger partial charge in [-0.2, -0.15) is 0 Å². The van der Waals surface area contributed by atoms with Crippen molar-refractivity contribution in [3.63, 3.8) is 0 Å². The fraction of sp³-hybridized carbons (Fsp3) is 0.294. The number of carbonyl (C=O) groups excluding carboxylic acids is 1. The molecule has 0 aliphatic rings. The molecule has 2 nitrogen and oxygen atoms in total. The van der Waals surface area contributed by atoms with Crippen molar-refractivity contribution < 1.29 is 4.79 Å². The van der Waals surface area contributed by atoms with E-state index in [1.54, 1.807) is 6.20 Å². The van der Waals surface area contributed by atoms with Crippen LogP contribution < -0.4 is 0 Å². The zero-order valence-corrected chi connectivity index (χ0v) is 11.9. The standard InChI is InChI=1S/C17H19NO/c1-11-5-6-13(3)15(8-11)9-16(19)17-14(4)7-12(2)10-18-17/h5-8,10H,9H2,1-4H3. The van der Waals surface area contributed by atoms with E-state index in [0.29, 0.717) is 12.1 Å². The number of hydrogen-bond acceptors (Lipinski definition) is 2. The molecule has 0 radical (unpaired) electrons. The smallest absolute Gasteiger partial charge is 0.185 e. The minimum Gasteiger partial charge on any atom is -0.292 e. The number of ketones is 1. The molecule has 0 bridgehead atoms. The molecule has 0 spiro atoms. The normalized spacial score (nSPS) is 10.5. The molecule has 2 aromatic rings. The third kappa shape index (κ3) is 3.08. The number of hydrogen-bond donors (Lipinski definition) is 0. The van der Waals surface area contributed by atoms with E-state index in [1.165, 1.54) is 5.56 Å². The summed E-state index contributed by atoms with van der Waals surface area (Å²) in [5.41, 5.74) is 6.06. The van der Waals surface area contributed by atoms with Gasteiger partial charge in [0.1, 0.15) is 5.69 Å². The van der Waals surface area contributed by atoms with Crippen LogP contribution in [0.1, 0.15) is 38.3 Å². The minimum atomic E-state index is 0.0891. The number of carbonyl (C=O) groups is 1. The summed E-state index contributed by atoms with van der Waals surface area (Å²) < 4.78 is 0. The topological polar surface area (TPSA) is 30.0 Å².